The molecule has 3 nitrogen and oxygen atoms in total. The van der Waals surface area contributed by atoms with E-state index in [1.54, 1.807) is 6.26 Å². The summed E-state index contributed by atoms with van der Waals surface area (Å²) in [6.07, 6.45) is 8.12. The molecule has 1 aliphatic rings. The fourth-order valence-corrected chi connectivity index (χ4v) is 2.41. The molecule has 0 aromatic rings. The minimum atomic E-state index is -0.783. The summed E-state index contributed by atoms with van der Waals surface area (Å²) in [5.41, 5.74) is 0. The molecule has 1 rings (SSSR count). The Hall–Kier alpha value is -0.160. The number of nitrogens with one attached hydrogen (secondary N) is 2. The van der Waals surface area contributed by atoms with Crippen LogP contribution in [0.5, 0.6) is 0 Å². The van der Waals surface area contributed by atoms with Gasteiger partial charge in [-0.05, 0) is 32.0 Å². The van der Waals surface area contributed by atoms with Gasteiger partial charge in [-0.1, -0.05) is 19.3 Å². The van der Waals surface area contributed by atoms with E-state index in [2.05, 4.69) is 10.6 Å². The number of hydrogen-bond acceptors (Lipinski definition) is 2. The maximum absolute atomic E-state index is 11.2. The molecule has 0 aliphatic heterocycles. The van der Waals surface area contributed by atoms with Crippen molar-refractivity contribution >= 4 is 28.1 Å². The Morgan fingerprint density at radius 2 is 2.06 bits per heavy atom. The Bertz CT molecular complexity index is 252. The van der Waals surface area contributed by atoms with Crippen LogP contribution < -0.4 is 10.6 Å². The van der Waals surface area contributed by atoms with Gasteiger partial charge in [-0.2, -0.15) is 0 Å². The lowest BCUT2D eigenvalue weighted by Gasteiger charge is -2.24. The summed E-state index contributed by atoms with van der Waals surface area (Å²) in [5.74, 6) is 0. The molecule has 0 spiro atoms. The van der Waals surface area contributed by atoms with E-state index in [1.165, 1.54) is 32.1 Å². The average Bonchev–Trinajstić information content (AvgIpc) is 2.27. The van der Waals surface area contributed by atoms with E-state index < -0.39 is 10.8 Å². The Labute approximate surface area is 106 Å². The van der Waals surface area contributed by atoms with Crippen LogP contribution >= 0.6 is 12.2 Å². The lowest BCUT2D eigenvalue weighted by atomic mass is 9.96. The standard InChI is InChI=1S/C11H22N2OS2/c1-9(16(2)14)8-12-11(15)13-10-6-4-3-5-7-10/h9-10H,3-8H2,1-2H3,(H2,12,13,15). The van der Waals surface area contributed by atoms with Gasteiger partial charge in [-0.15, -0.1) is 0 Å². The van der Waals surface area contributed by atoms with Crippen LogP contribution in [0.15, 0.2) is 0 Å². The van der Waals surface area contributed by atoms with Crippen molar-refractivity contribution < 1.29 is 4.21 Å². The van der Waals surface area contributed by atoms with E-state index in [0.29, 0.717) is 17.7 Å². The van der Waals surface area contributed by atoms with Crippen LogP contribution in [0.25, 0.3) is 0 Å². The molecular weight excluding hydrogens is 240 g/mol. The predicted octanol–water partition coefficient (Wildman–Crippen LogP) is 1.55. The monoisotopic (exact) mass is 262 g/mol. The maximum Gasteiger partial charge on any atom is 0.166 e. The first kappa shape index (κ1) is 13.9. The molecule has 1 fully saturated rings. The van der Waals surface area contributed by atoms with Crippen LogP contribution in [-0.4, -0.2) is 33.4 Å². The molecule has 2 unspecified atom stereocenters. The molecule has 1 aliphatic carbocycles. The summed E-state index contributed by atoms with van der Waals surface area (Å²) in [7, 11) is -0.783. The van der Waals surface area contributed by atoms with Crippen molar-refractivity contribution in [2.24, 2.45) is 0 Å². The molecule has 0 bridgehead atoms. The van der Waals surface area contributed by atoms with Gasteiger partial charge < -0.3 is 10.6 Å². The summed E-state index contributed by atoms with van der Waals surface area (Å²) in [6, 6.07) is 0.538. The van der Waals surface area contributed by atoms with Gasteiger partial charge in [0.05, 0.1) is 0 Å². The predicted molar refractivity (Wildman–Crippen MR) is 74.1 cm³/mol. The fraction of sp³-hybridized carbons (Fsp3) is 0.909. The topological polar surface area (TPSA) is 41.1 Å². The summed E-state index contributed by atoms with van der Waals surface area (Å²) in [5, 5.41) is 7.33. The molecule has 0 saturated heterocycles. The number of hydrogen-bond donors (Lipinski definition) is 2. The molecule has 0 aromatic heterocycles. The van der Waals surface area contributed by atoms with Crippen molar-refractivity contribution in [2.45, 2.75) is 50.3 Å². The first-order valence-electron chi connectivity index (χ1n) is 5.96. The van der Waals surface area contributed by atoms with Gasteiger partial charge in [-0.25, -0.2) is 0 Å². The number of rotatable bonds is 4. The molecule has 5 heteroatoms. The van der Waals surface area contributed by atoms with Crippen molar-refractivity contribution in [1.29, 1.82) is 0 Å². The molecule has 16 heavy (non-hydrogen) atoms. The zero-order valence-electron chi connectivity index (χ0n) is 10.1. The van der Waals surface area contributed by atoms with Crippen molar-refractivity contribution in [1.82, 2.24) is 10.6 Å². The third kappa shape index (κ3) is 5.25. The highest BCUT2D eigenvalue weighted by molar-refractivity contribution is 7.84. The molecule has 2 atom stereocenters. The highest BCUT2D eigenvalue weighted by Crippen LogP contribution is 2.17. The quantitative estimate of drug-likeness (QED) is 0.754. The highest BCUT2D eigenvalue weighted by atomic mass is 32.2. The van der Waals surface area contributed by atoms with Crippen LogP contribution in [0.4, 0.5) is 0 Å². The zero-order chi connectivity index (χ0) is 12.0. The molecule has 94 valence electrons. The number of thiocarbonyl (C=S) groups is 1. The molecule has 1 saturated carbocycles. The van der Waals surface area contributed by atoms with E-state index in [0.717, 1.165) is 0 Å². The molecular formula is C11H22N2OS2. The van der Waals surface area contributed by atoms with E-state index in [9.17, 15) is 4.21 Å². The van der Waals surface area contributed by atoms with Crippen LogP contribution in [0, 0.1) is 0 Å². The lowest BCUT2D eigenvalue weighted by Crippen LogP contribution is -2.45. The Morgan fingerprint density at radius 1 is 1.44 bits per heavy atom. The average molecular weight is 262 g/mol. The van der Waals surface area contributed by atoms with Gasteiger partial charge >= 0.3 is 0 Å². The van der Waals surface area contributed by atoms with Crippen LogP contribution in [0.1, 0.15) is 39.0 Å². The second kappa shape index (κ2) is 7.22. The van der Waals surface area contributed by atoms with Gasteiger partial charge in [0.2, 0.25) is 0 Å². The SMILES string of the molecule is CC(CNC(=S)NC1CCCCC1)S(C)=O. The zero-order valence-corrected chi connectivity index (χ0v) is 11.8. The summed E-state index contributed by atoms with van der Waals surface area (Å²) in [6.45, 7) is 2.65. The van der Waals surface area contributed by atoms with Crippen LogP contribution in [0.3, 0.4) is 0 Å². The van der Waals surface area contributed by atoms with Gasteiger partial charge in [0.25, 0.3) is 0 Å². The van der Waals surface area contributed by atoms with Crippen molar-refractivity contribution in [3.63, 3.8) is 0 Å². The van der Waals surface area contributed by atoms with Crippen molar-refractivity contribution in [3.05, 3.63) is 0 Å². The molecule has 0 amide bonds. The summed E-state index contributed by atoms with van der Waals surface area (Å²) >= 11 is 5.22. The minimum absolute atomic E-state index is 0.145. The second-order valence-electron chi connectivity index (χ2n) is 4.50. The molecule has 2 N–H and O–H groups in total. The first-order valence-corrected chi connectivity index (χ1v) is 7.99. The largest absolute Gasteiger partial charge is 0.362 e. The van der Waals surface area contributed by atoms with E-state index in [4.69, 9.17) is 12.2 Å². The molecule has 0 aromatic carbocycles. The Balaban J connectivity index is 2.17. The summed E-state index contributed by atoms with van der Waals surface area (Å²) in [4.78, 5) is 0. The minimum Gasteiger partial charge on any atom is -0.362 e. The fourth-order valence-electron chi connectivity index (χ4n) is 1.84. The van der Waals surface area contributed by atoms with E-state index in [1.807, 2.05) is 6.92 Å². The maximum atomic E-state index is 11.2. The second-order valence-corrected chi connectivity index (χ2v) is 6.71. The first-order chi connectivity index (χ1) is 7.59. The third-order valence-corrected chi connectivity index (χ3v) is 4.62. The van der Waals surface area contributed by atoms with Gasteiger partial charge in [0.1, 0.15) is 0 Å². The van der Waals surface area contributed by atoms with Gasteiger partial charge in [0, 0.05) is 34.9 Å². The highest BCUT2D eigenvalue weighted by Gasteiger charge is 2.14. The van der Waals surface area contributed by atoms with Gasteiger partial charge in [0.15, 0.2) is 5.11 Å². The normalized spacial score (nSPS) is 21.1. The molecule has 0 heterocycles. The van der Waals surface area contributed by atoms with Crippen LogP contribution in [-0.2, 0) is 10.8 Å². The van der Waals surface area contributed by atoms with E-state index >= 15 is 0 Å². The Morgan fingerprint density at radius 3 is 2.62 bits per heavy atom. The molecule has 0 radical (unpaired) electrons. The summed E-state index contributed by atoms with van der Waals surface area (Å²) < 4.78 is 11.2. The van der Waals surface area contributed by atoms with Gasteiger partial charge in [-0.3, -0.25) is 4.21 Å². The lowest BCUT2D eigenvalue weighted by molar-refractivity contribution is 0.412. The van der Waals surface area contributed by atoms with Crippen molar-refractivity contribution in [2.75, 3.05) is 12.8 Å². The third-order valence-electron chi connectivity index (χ3n) is 3.06. The van der Waals surface area contributed by atoms with Crippen molar-refractivity contribution in [3.8, 4) is 0 Å². The Kier molecular flexibility index (Phi) is 6.28. The van der Waals surface area contributed by atoms with Crippen LogP contribution in [0.2, 0.25) is 0 Å². The smallest absolute Gasteiger partial charge is 0.166 e. The van der Waals surface area contributed by atoms with E-state index in [-0.39, 0.29) is 5.25 Å².